The highest BCUT2D eigenvalue weighted by Gasteiger charge is 2.44. The molecule has 4 nitrogen and oxygen atoms in total. The summed E-state index contributed by atoms with van der Waals surface area (Å²) in [7, 11) is 0. The Balaban J connectivity index is 1.66. The predicted octanol–water partition coefficient (Wildman–Crippen LogP) is 3.50. The number of nitrogens with two attached hydrogens (primary N) is 1. The van der Waals surface area contributed by atoms with Crippen molar-refractivity contribution in [1.29, 1.82) is 0 Å². The molecule has 0 radical (unpaired) electrons. The molecule has 1 heterocycles. The lowest BCUT2D eigenvalue weighted by Gasteiger charge is -2.43. The van der Waals surface area contributed by atoms with Crippen LogP contribution in [0.25, 0.3) is 0 Å². The first kappa shape index (κ1) is 20.4. The molecule has 1 aliphatic rings. The van der Waals surface area contributed by atoms with Crippen LogP contribution in [0.2, 0.25) is 0 Å². The van der Waals surface area contributed by atoms with Gasteiger partial charge in [0, 0.05) is 24.2 Å². The van der Waals surface area contributed by atoms with Gasteiger partial charge in [0.2, 0.25) is 0 Å². The molecular weight excluding hydrogens is 420 g/mol. The zero-order chi connectivity index (χ0) is 19.4. The first-order valence-electron chi connectivity index (χ1n) is 8.72. The highest BCUT2D eigenvalue weighted by Crippen LogP contribution is 2.38. The van der Waals surface area contributed by atoms with Gasteiger partial charge in [0.25, 0.3) is 0 Å². The fraction of sp³-hybridized carbons (Fsp3) is 0.400. The Labute approximate surface area is 165 Å². The molecule has 1 aliphatic heterocycles. The van der Waals surface area contributed by atoms with E-state index in [4.69, 9.17) is 15.2 Å². The van der Waals surface area contributed by atoms with Crippen molar-refractivity contribution in [3.63, 3.8) is 0 Å². The van der Waals surface area contributed by atoms with E-state index in [-0.39, 0.29) is 29.4 Å². The Hall–Kier alpha value is -1.38. The van der Waals surface area contributed by atoms with Gasteiger partial charge in [-0.25, -0.2) is 8.78 Å². The summed E-state index contributed by atoms with van der Waals surface area (Å²) >= 11 is 3.06. The molecular formula is C20H22BrF2NO3. The van der Waals surface area contributed by atoms with Crippen molar-refractivity contribution in [2.45, 2.75) is 24.7 Å². The standard InChI is InChI=1S/C20H22BrF2NO3/c21-17-7-16(18(22)8-19(17)23)20(24)12-27-15(6-14(20)9-25)11-26-10-13-4-2-1-3-5-13/h1-5,7-8,14-15,25H,6,9-12,24H2/t14-,15+,20-/m0/s1. The van der Waals surface area contributed by atoms with Crippen molar-refractivity contribution in [3.8, 4) is 0 Å². The minimum Gasteiger partial charge on any atom is -0.396 e. The fourth-order valence-corrected chi connectivity index (χ4v) is 3.73. The number of hydrogen-bond donors (Lipinski definition) is 2. The zero-order valence-electron chi connectivity index (χ0n) is 14.7. The molecule has 3 N–H and O–H groups in total. The molecule has 0 spiro atoms. The minimum atomic E-state index is -1.25. The second-order valence-electron chi connectivity index (χ2n) is 6.84. The van der Waals surface area contributed by atoms with Gasteiger partial charge < -0.3 is 20.3 Å². The van der Waals surface area contributed by atoms with Gasteiger partial charge in [-0.3, -0.25) is 0 Å². The van der Waals surface area contributed by atoms with Crippen LogP contribution >= 0.6 is 15.9 Å². The van der Waals surface area contributed by atoms with E-state index in [0.29, 0.717) is 19.6 Å². The molecule has 2 aromatic carbocycles. The van der Waals surface area contributed by atoms with Crippen molar-refractivity contribution in [3.05, 3.63) is 69.7 Å². The average molecular weight is 442 g/mol. The number of aliphatic hydroxyl groups is 1. The number of hydrogen-bond acceptors (Lipinski definition) is 4. The second kappa shape index (κ2) is 8.75. The van der Waals surface area contributed by atoms with Gasteiger partial charge in [0.15, 0.2) is 0 Å². The van der Waals surface area contributed by atoms with Crippen molar-refractivity contribution in [1.82, 2.24) is 0 Å². The lowest BCUT2D eigenvalue weighted by molar-refractivity contribution is -0.106. The minimum absolute atomic E-state index is 0.00653. The van der Waals surface area contributed by atoms with Crippen LogP contribution in [0.3, 0.4) is 0 Å². The van der Waals surface area contributed by atoms with Crippen LogP contribution in [-0.2, 0) is 21.6 Å². The van der Waals surface area contributed by atoms with Crippen molar-refractivity contribution in [2.75, 3.05) is 19.8 Å². The molecule has 1 saturated heterocycles. The topological polar surface area (TPSA) is 64.7 Å². The number of benzene rings is 2. The third-order valence-electron chi connectivity index (χ3n) is 4.98. The van der Waals surface area contributed by atoms with Crippen molar-refractivity contribution >= 4 is 15.9 Å². The van der Waals surface area contributed by atoms with E-state index >= 15 is 0 Å². The molecule has 2 aromatic rings. The van der Waals surface area contributed by atoms with Crippen LogP contribution in [0.5, 0.6) is 0 Å². The summed E-state index contributed by atoms with van der Waals surface area (Å²) in [6.07, 6.45) is 0.158. The van der Waals surface area contributed by atoms with Gasteiger partial charge in [0.1, 0.15) is 11.6 Å². The molecule has 27 heavy (non-hydrogen) atoms. The molecule has 0 amide bonds. The van der Waals surface area contributed by atoms with Crippen molar-refractivity contribution < 1.29 is 23.4 Å². The summed E-state index contributed by atoms with van der Waals surface area (Å²) in [6, 6.07) is 11.9. The smallest absolute Gasteiger partial charge is 0.140 e. The highest BCUT2D eigenvalue weighted by atomic mass is 79.9. The van der Waals surface area contributed by atoms with Crippen LogP contribution in [0.4, 0.5) is 8.78 Å². The first-order valence-corrected chi connectivity index (χ1v) is 9.51. The summed E-state index contributed by atoms with van der Waals surface area (Å²) in [4.78, 5) is 0. The Morgan fingerprint density at radius 2 is 1.96 bits per heavy atom. The van der Waals surface area contributed by atoms with Crippen LogP contribution in [0.1, 0.15) is 17.5 Å². The predicted molar refractivity (Wildman–Crippen MR) is 101 cm³/mol. The van der Waals surface area contributed by atoms with Crippen LogP contribution < -0.4 is 5.73 Å². The van der Waals surface area contributed by atoms with Gasteiger partial charge in [-0.15, -0.1) is 0 Å². The number of rotatable bonds is 6. The fourth-order valence-electron chi connectivity index (χ4n) is 3.38. The lowest BCUT2D eigenvalue weighted by Crippen LogP contribution is -2.56. The lowest BCUT2D eigenvalue weighted by atomic mass is 9.75. The Morgan fingerprint density at radius 1 is 1.22 bits per heavy atom. The monoisotopic (exact) mass is 441 g/mol. The van der Waals surface area contributed by atoms with E-state index in [2.05, 4.69) is 15.9 Å². The number of ether oxygens (including phenoxy) is 2. The highest BCUT2D eigenvalue weighted by molar-refractivity contribution is 9.10. The van der Waals surface area contributed by atoms with E-state index < -0.39 is 23.1 Å². The third-order valence-corrected chi connectivity index (χ3v) is 5.59. The third kappa shape index (κ3) is 4.55. The molecule has 0 unspecified atom stereocenters. The normalized spacial score (nSPS) is 25.5. The zero-order valence-corrected chi connectivity index (χ0v) is 16.3. The summed E-state index contributed by atoms with van der Waals surface area (Å²) in [6.45, 7) is 0.574. The van der Waals surface area contributed by atoms with E-state index in [1.807, 2.05) is 30.3 Å². The summed E-state index contributed by atoms with van der Waals surface area (Å²) in [5, 5.41) is 9.84. The van der Waals surface area contributed by atoms with E-state index in [0.717, 1.165) is 11.6 Å². The van der Waals surface area contributed by atoms with Crippen LogP contribution in [0, 0.1) is 17.6 Å². The average Bonchev–Trinajstić information content (AvgIpc) is 2.67. The van der Waals surface area contributed by atoms with Gasteiger partial charge in [-0.2, -0.15) is 0 Å². The maximum absolute atomic E-state index is 14.4. The quantitative estimate of drug-likeness (QED) is 0.673. The van der Waals surface area contributed by atoms with Gasteiger partial charge >= 0.3 is 0 Å². The van der Waals surface area contributed by atoms with E-state index in [1.165, 1.54) is 6.07 Å². The van der Waals surface area contributed by atoms with Gasteiger partial charge in [-0.1, -0.05) is 30.3 Å². The first-order chi connectivity index (χ1) is 12.9. The molecule has 0 aromatic heterocycles. The van der Waals surface area contributed by atoms with Crippen LogP contribution in [0.15, 0.2) is 46.9 Å². The van der Waals surface area contributed by atoms with E-state index in [9.17, 15) is 13.9 Å². The molecule has 3 rings (SSSR count). The Bertz CT molecular complexity index is 777. The van der Waals surface area contributed by atoms with Crippen molar-refractivity contribution in [2.24, 2.45) is 11.7 Å². The Morgan fingerprint density at radius 3 is 2.67 bits per heavy atom. The summed E-state index contributed by atoms with van der Waals surface area (Å²) in [5.74, 6) is -1.90. The molecule has 0 bridgehead atoms. The maximum atomic E-state index is 14.4. The molecule has 1 fully saturated rings. The second-order valence-corrected chi connectivity index (χ2v) is 7.69. The maximum Gasteiger partial charge on any atom is 0.140 e. The SMILES string of the molecule is N[C@@]1(c2cc(Br)c(F)cc2F)CO[C@@H](COCc2ccccc2)C[C@H]1CO. The largest absolute Gasteiger partial charge is 0.396 e. The summed E-state index contributed by atoms with van der Waals surface area (Å²) < 4.78 is 39.5. The Kier molecular flexibility index (Phi) is 6.60. The molecule has 146 valence electrons. The number of halogens is 3. The summed E-state index contributed by atoms with van der Waals surface area (Å²) in [5.41, 5.74) is 6.36. The van der Waals surface area contributed by atoms with E-state index in [1.54, 1.807) is 0 Å². The van der Waals surface area contributed by atoms with Gasteiger partial charge in [-0.05, 0) is 34.0 Å². The molecule has 0 saturated carbocycles. The molecule has 0 aliphatic carbocycles. The van der Waals surface area contributed by atoms with Gasteiger partial charge in [0.05, 0.1) is 35.9 Å². The number of aliphatic hydroxyl groups excluding tert-OH is 1. The molecule has 7 heteroatoms. The van der Waals surface area contributed by atoms with Crippen LogP contribution in [-0.4, -0.2) is 31.0 Å². The molecule has 3 atom stereocenters.